The molecular formula is C100H86Cl4F6N24O8. The van der Waals surface area contributed by atoms with Gasteiger partial charge in [-0.3, -0.25) is 19.9 Å². The molecule has 724 valence electrons. The molecule has 0 bridgehead atoms. The number of ether oxygens (including phenoxy) is 4. The minimum absolute atomic E-state index is 0.00154. The maximum Gasteiger partial charge on any atom is 0.323 e. The first-order chi connectivity index (χ1) is 69.1. The minimum atomic E-state index is -0.808. The van der Waals surface area contributed by atoms with Gasteiger partial charge in [0.25, 0.3) is 0 Å². The van der Waals surface area contributed by atoms with Crippen LogP contribution in [0.1, 0.15) is 0 Å². The number of carbonyl (C=O) groups is 4. The number of morpholine rings is 4. The summed E-state index contributed by atoms with van der Waals surface area (Å²) in [5, 5.41) is 21.6. The van der Waals surface area contributed by atoms with Crippen LogP contribution in [0.15, 0.2) is 256 Å². The average Bonchev–Trinajstić information content (AvgIpc) is 1.65. The molecule has 4 aliphatic rings. The molecule has 0 spiro atoms. The van der Waals surface area contributed by atoms with E-state index in [1.807, 2.05) is 48.5 Å². The number of amides is 8. The maximum absolute atomic E-state index is 14.7. The third-order valence-corrected chi connectivity index (χ3v) is 23.6. The summed E-state index contributed by atoms with van der Waals surface area (Å²) in [7, 11) is 0. The van der Waals surface area contributed by atoms with Crippen molar-refractivity contribution in [3.8, 4) is 90.1 Å². The highest BCUT2D eigenvalue weighted by Gasteiger charge is 2.29. The Labute approximate surface area is 827 Å². The van der Waals surface area contributed by atoms with Crippen LogP contribution in [0.5, 0.6) is 0 Å². The zero-order chi connectivity index (χ0) is 98.5. The maximum atomic E-state index is 14.7. The van der Waals surface area contributed by atoms with Crippen LogP contribution in [-0.2, 0) is 18.9 Å². The van der Waals surface area contributed by atoms with Gasteiger partial charge in [0.15, 0.2) is 0 Å². The number of rotatable bonds is 20. The standard InChI is InChI=1S/C25H21Cl2FN6O2.C25H21ClF2N6O2.C25H22ClFN6O2.C25H22F2N6O2/c26-18-3-2-17(14-19(18)27)30-25(35)31-21-13-16(1-4-20(21)28)23-22(15-5-7-29-8-6-15)32-24(33-23)34-9-11-36-12-10-34;26-17-2-4-20(19(28)14-17)30-25(35)31-21-13-16(1-3-18(21)27)23-22(15-5-7-29-8-6-15)32-24(33-23)34-9-11-36-12-10-34;26-18-2-1-3-19(15-18)29-25(34)30-21-14-17(4-5-20(21)27)23-22(16-6-8-28-9-7-16)31-24(32-23)33-10-12-35-13-11-33;26-18-2-4-19(5-3-18)29-25(34)30-21-15-17(1-6-20(21)27)23-22(16-7-9-28-10-8-16)31-24(32-23)33-11-13-35-14-12-33/h2*1-8,13-14H,9-12H2,(H,32,33)(H2,30,31,35);1-9,14-15H,10-13H2,(H,31,32)(H2,29,30,34);1-10,15H,11-14H2,(H,31,32)(H2,29,30,34). The van der Waals surface area contributed by atoms with E-state index in [0.717, 1.165) is 51.1 Å². The first kappa shape index (κ1) is 97.7. The van der Waals surface area contributed by atoms with E-state index in [-0.39, 0.29) is 33.5 Å². The van der Waals surface area contributed by atoms with Gasteiger partial charge < -0.3 is 101 Å². The molecule has 42 heteroatoms. The Kier molecular flexibility index (Phi) is 31.8. The van der Waals surface area contributed by atoms with Crippen LogP contribution in [0.3, 0.4) is 0 Å². The molecule has 8 aromatic heterocycles. The summed E-state index contributed by atoms with van der Waals surface area (Å²) in [6, 6.07) is 50.4. The van der Waals surface area contributed by atoms with E-state index in [2.05, 4.69) is 102 Å². The number of carbonyl (C=O) groups excluding carboxylic acids is 4. The van der Waals surface area contributed by atoms with Crippen LogP contribution in [-0.4, -0.2) is 189 Å². The van der Waals surface area contributed by atoms with Crippen molar-refractivity contribution in [2.75, 3.05) is 167 Å². The van der Waals surface area contributed by atoms with Crippen molar-refractivity contribution in [3.05, 3.63) is 311 Å². The zero-order valence-corrected chi connectivity index (χ0v) is 78.0. The number of hydrogen-bond acceptors (Lipinski definition) is 20. The van der Waals surface area contributed by atoms with Crippen molar-refractivity contribution in [1.82, 2.24) is 59.8 Å². The molecule has 4 saturated heterocycles. The van der Waals surface area contributed by atoms with Gasteiger partial charge in [-0.25, -0.2) is 65.5 Å². The number of benzene rings is 8. The molecule has 12 heterocycles. The van der Waals surface area contributed by atoms with Crippen molar-refractivity contribution in [3.63, 3.8) is 0 Å². The van der Waals surface area contributed by atoms with E-state index in [1.54, 1.807) is 122 Å². The highest BCUT2D eigenvalue weighted by atomic mass is 35.5. The number of H-pyrrole nitrogens is 4. The van der Waals surface area contributed by atoms with Gasteiger partial charge in [-0.1, -0.05) is 52.5 Å². The highest BCUT2D eigenvalue weighted by Crippen LogP contribution is 2.41. The first-order valence-electron chi connectivity index (χ1n) is 44.3. The molecule has 142 heavy (non-hydrogen) atoms. The normalized spacial score (nSPS) is 13.5. The van der Waals surface area contributed by atoms with Gasteiger partial charge in [0.1, 0.15) is 34.9 Å². The Morgan fingerprint density at radius 3 is 0.866 bits per heavy atom. The molecular weight excluding hydrogens is 1920 g/mol. The second-order valence-corrected chi connectivity index (χ2v) is 33.5. The molecule has 0 atom stereocenters. The lowest BCUT2D eigenvalue weighted by atomic mass is 10.1. The molecule has 0 radical (unpaired) electrons. The number of imidazole rings is 4. The largest absolute Gasteiger partial charge is 0.378 e. The van der Waals surface area contributed by atoms with Crippen LogP contribution in [0.25, 0.3) is 90.1 Å². The van der Waals surface area contributed by atoms with E-state index in [1.165, 1.54) is 78.9 Å². The number of halogens is 10. The van der Waals surface area contributed by atoms with E-state index >= 15 is 0 Å². The summed E-state index contributed by atoms with van der Waals surface area (Å²) < 4.78 is 108. The van der Waals surface area contributed by atoms with Gasteiger partial charge in [0.2, 0.25) is 23.8 Å². The highest BCUT2D eigenvalue weighted by molar-refractivity contribution is 6.42. The number of hydrogen-bond donors (Lipinski definition) is 12. The molecule has 8 aromatic carbocycles. The van der Waals surface area contributed by atoms with E-state index in [9.17, 15) is 45.5 Å². The van der Waals surface area contributed by atoms with Crippen LogP contribution in [0.2, 0.25) is 20.1 Å². The summed E-state index contributed by atoms with van der Waals surface area (Å²) in [5.74, 6) is -0.794. The lowest BCUT2D eigenvalue weighted by molar-refractivity contribution is 0.122. The number of pyridine rings is 4. The quantitative estimate of drug-likeness (QED) is 0.0315. The number of urea groups is 4. The average molecular weight is 2010 g/mol. The Balaban J connectivity index is 0.000000130. The Morgan fingerprint density at radius 1 is 0.268 bits per heavy atom. The van der Waals surface area contributed by atoms with Gasteiger partial charge in [-0.05, 0) is 200 Å². The molecule has 4 fully saturated rings. The Bertz CT molecular complexity index is 7130. The van der Waals surface area contributed by atoms with Crippen molar-refractivity contribution >= 4 is 140 Å². The van der Waals surface area contributed by atoms with Crippen molar-refractivity contribution in [2.24, 2.45) is 0 Å². The zero-order valence-electron chi connectivity index (χ0n) is 75.0. The third kappa shape index (κ3) is 25.0. The van der Waals surface area contributed by atoms with Crippen LogP contribution < -0.4 is 62.1 Å². The molecule has 32 nitrogen and oxygen atoms in total. The lowest BCUT2D eigenvalue weighted by Crippen LogP contribution is -2.36. The lowest BCUT2D eigenvalue weighted by Gasteiger charge is -2.26. The fourth-order valence-electron chi connectivity index (χ4n) is 15.4. The molecule has 4 aliphatic heterocycles. The molecule has 12 N–H and O–H groups in total. The van der Waals surface area contributed by atoms with Crippen LogP contribution in [0, 0.1) is 34.9 Å². The van der Waals surface area contributed by atoms with E-state index in [0.29, 0.717) is 206 Å². The number of aromatic amines is 4. The van der Waals surface area contributed by atoms with Gasteiger partial charge in [0.05, 0.1) is 137 Å². The predicted molar refractivity (Wildman–Crippen MR) is 537 cm³/mol. The van der Waals surface area contributed by atoms with E-state index in [4.69, 9.17) is 85.3 Å². The van der Waals surface area contributed by atoms with Crippen molar-refractivity contribution in [1.29, 1.82) is 0 Å². The Hall–Kier alpha value is -15.9. The predicted octanol–water partition coefficient (Wildman–Crippen LogP) is 21.9. The van der Waals surface area contributed by atoms with Crippen molar-refractivity contribution in [2.45, 2.75) is 0 Å². The van der Waals surface area contributed by atoms with Gasteiger partial charge in [-0.2, -0.15) is 0 Å². The summed E-state index contributed by atoms with van der Waals surface area (Å²) in [6.07, 6.45) is 13.5. The number of nitrogens with one attached hydrogen (secondary N) is 12. The first-order valence-corrected chi connectivity index (χ1v) is 45.9. The molecule has 20 rings (SSSR count). The van der Waals surface area contributed by atoms with Gasteiger partial charge in [0, 0.05) is 174 Å². The van der Waals surface area contributed by atoms with Crippen LogP contribution >= 0.6 is 46.4 Å². The fraction of sp³-hybridized carbons (Fsp3) is 0.160. The van der Waals surface area contributed by atoms with Crippen molar-refractivity contribution < 1.29 is 64.5 Å². The topological polar surface area (TPSA) is 381 Å². The molecule has 0 aliphatic carbocycles. The van der Waals surface area contributed by atoms with E-state index < -0.39 is 59.0 Å². The van der Waals surface area contributed by atoms with Crippen LogP contribution in [0.4, 0.5) is 115 Å². The number of anilines is 12. The molecule has 16 aromatic rings. The number of nitrogens with zero attached hydrogens (tertiary/aromatic N) is 12. The Morgan fingerprint density at radius 2 is 0.556 bits per heavy atom. The van der Waals surface area contributed by atoms with Gasteiger partial charge in [-0.15, -0.1) is 0 Å². The molecule has 0 unspecified atom stereocenters. The molecule has 0 saturated carbocycles. The molecule has 8 amide bonds. The minimum Gasteiger partial charge on any atom is -0.378 e. The summed E-state index contributed by atoms with van der Waals surface area (Å²) in [4.78, 5) is 108. The summed E-state index contributed by atoms with van der Waals surface area (Å²) >= 11 is 23.6. The number of aromatic nitrogens is 12. The second kappa shape index (κ2) is 46.2. The monoisotopic (exact) mass is 2000 g/mol. The summed E-state index contributed by atoms with van der Waals surface area (Å²) in [6.45, 7) is 10.4. The fourth-order valence-corrected chi connectivity index (χ4v) is 16.0. The van der Waals surface area contributed by atoms with Gasteiger partial charge >= 0.3 is 24.1 Å². The second-order valence-electron chi connectivity index (χ2n) is 31.8. The smallest absolute Gasteiger partial charge is 0.323 e. The summed E-state index contributed by atoms with van der Waals surface area (Å²) in [5.41, 5.74) is 12.5. The third-order valence-electron chi connectivity index (χ3n) is 22.4. The SMILES string of the molecule is O=C(Nc1ccc(Cl)c(Cl)c1)Nc1cc(-c2nc(N3CCOCC3)[nH]c2-c2ccncc2)ccc1F.O=C(Nc1ccc(Cl)cc1F)Nc1cc(-c2nc(N3CCOCC3)[nH]c2-c2ccncc2)ccc1F.O=C(Nc1ccc(F)cc1)Nc1cc(-c2nc(N3CCOCC3)[nH]c2-c2ccncc2)ccc1F.O=C(Nc1cccc(Cl)c1)Nc1cc(-c2nc(N3CCOCC3)[nH]c2-c2ccncc2)ccc1F.